The van der Waals surface area contributed by atoms with Crippen molar-refractivity contribution >= 4 is 17.6 Å². The maximum atomic E-state index is 12.1. The summed E-state index contributed by atoms with van der Waals surface area (Å²) in [6.07, 6.45) is 1.61. The van der Waals surface area contributed by atoms with E-state index in [0.29, 0.717) is 17.3 Å². The van der Waals surface area contributed by atoms with Crippen LogP contribution in [0.25, 0.3) is 0 Å². The first-order valence-electron chi connectivity index (χ1n) is 7.71. The normalized spacial score (nSPS) is 11.4. The molecule has 1 aromatic heterocycles. The maximum Gasteiger partial charge on any atom is 0.314 e. The monoisotopic (exact) mass is 343 g/mol. The number of rotatable bonds is 5. The van der Waals surface area contributed by atoms with Crippen molar-refractivity contribution in [3.63, 3.8) is 0 Å². The Morgan fingerprint density at radius 2 is 1.76 bits per heavy atom. The number of hydrogen-bond acceptors (Lipinski definition) is 5. The first-order chi connectivity index (χ1) is 11.9. The molecule has 0 fully saturated rings. The van der Waals surface area contributed by atoms with Gasteiger partial charge < -0.3 is 20.1 Å². The first kappa shape index (κ1) is 18.3. The number of aromatic nitrogens is 1. The Morgan fingerprint density at radius 3 is 2.36 bits per heavy atom. The molecule has 0 bridgehead atoms. The number of benzene rings is 1. The van der Waals surface area contributed by atoms with Crippen molar-refractivity contribution in [2.75, 3.05) is 19.5 Å². The van der Waals surface area contributed by atoms with E-state index in [4.69, 9.17) is 9.47 Å². The molecule has 0 saturated heterocycles. The SMILES string of the molecule is COc1ccc(C(C)NC(=O)C(=O)Nc2ccc(C)cn2)cc1OC. The smallest absolute Gasteiger partial charge is 0.314 e. The number of amides is 2. The largest absolute Gasteiger partial charge is 0.493 e. The Labute approximate surface area is 146 Å². The minimum absolute atomic E-state index is 0.324. The van der Waals surface area contributed by atoms with Crippen molar-refractivity contribution in [3.05, 3.63) is 47.7 Å². The third-order valence-corrected chi connectivity index (χ3v) is 3.61. The number of aryl methyl sites for hydroxylation is 1. The van der Waals surface area contributed by atoms with E-state index in [9.17, 15) is 9.59 Å². The van der Waals surface area contributed by atoms with Crippen LogP contribution in [0.15, 0.2) is 36.5 Å². The van der Waals surface area contributed by atoms with Gasteiger partial charge in [-0.15, -0.1) is 0 Å². The second-order valence-electron chi connectivity index (χ2n) is 5.48. The Hall–Kier alpha value is -3.09. The number of methoxy groups -OCH3 is 2. The van der Waals surface area contributed by atoms with E-state index >= 15 is 0 Å². The molecule has 1 atom stereocenters. The van der Waals surface area contributed by atoms with Gasteiger partial charge in [0.15, 0.2) is 11.5 Å². The lowest BCUT2D eigenvalue weighted by molar-refractivity contribution is -0.136. The lowest BCUT2D eigenvalue weighted by Gasteiger charge is -2.16. The molecular formula is C18H21N3O4. The quantitative estimate of drug-likeness (QED) is 0.813. The molecule has 0 aliphatic rings. The van der Waals surface area contributed by atoms with E-state index in [1.165, 1.54) is 7.11 Å². The molecule has 7 nitrogen and oxygen atoms in total. The number of nitrogens with zero attached hydrogens (tertiary/aromatic N) is 1. The molecule has 132 valence electrons. The van der Waals surface area contributed by atoms with Crippen molar-refractivity contribution in [1.82, 2.24) is 10.3 Å². The Kier molecular flexibility index (Phi) is 5.94. The lowest BCUT2D eigenvalue weighted by Crippen LogP contribution is -2.37. The molecule has 7 heteroatoms. The second kappa shape index (κ2) is 8.14. The summed E-state index contributed by atoms with van der Waals surface area (Å²) in [5.74, 6) is -0.0553. The summed E-state index contributed by atoms with van der Waals surface area (Å²) >= 11 is 0. The van der Waals surface area contributed by atoms with Crippen molar-refractivity contribution < 1.29 is 19.1 Å². The summed E-state index contributed by atoms with van der Waals surface area (Å²) in [5, 5.41) is 5.10. The van der Waals surface area contributed by atoms with Gasteiger partial charge in [0.1, 0.15) is 5.82 Å². The Bertz CT molecular complexity index is 759. The maximum absolute atomic E-state index is 12.1. The van der Waals surface area contributed by atoms with E-state index < -0.39 is 11.8 Å². The molecular weight excluding hydrogens is 322 g/mol. The van der Waals surface area contributed by atoms with E-state index in [-0.39, 0.29) is 6.04 Å². The molecule has 0 spiro atoms. The fourth-order valence-electron chi connectivity index (χ4n) is 2.18. The van der Waals surface area contributed by atoms with Crippen molar-refractivity contribution in [2.45, 2.75) is 19.9 Å². The Morgan fingerprint density at radius 1 is 1.04 bits per heavy atom. The number of anilines is 1. The van der Waals surface area contributed by atoms with Crippen LogP contribution in [-0.2, 0) is 9.59 Å². The van der Waals surface area contributed by atoms with Gasteiger partial charge in [-0.2, -0.15) is 0 Å². The highest BCUT2D eigenvalue weighted by Crippen LogP contribution is 2.29. The number of nitrogens with one attached hydrogen (secondary N) is 2. The van der Waals surface area contributed by atoms with E-state index in [1.807, 2.05) is 6.92 Å². The molecule has 0 aliphatic heterocycles. The van der Waals surface area contributed by atoms with Crippen molar-refractivity contribution in [1.29, 1.82) is 0 Å². The third-order valence-electron chi connectivity index (χ3n) is 3.61. The summed E-state index contributed by atoms with van der Waals surface area (Å²) in [6.45, 7) is 3.66. The van der Waals surface area contributed by atoms with Crippen molar-refractivity contribution in [2.24, 2.45) is 0 Å². The van der Waals surface area contributed by atoms with Crippen LogP contribution in [0.2, 0.25) is 0 Å². The van der Waals surface area contributed by atoms with Gasteiger partial charge in [-0.05, 0) is 43.2 Å². The molecule has 1 heterocycles. The Balaban J connectivity index is 2.01. The predicted octanol–water partition coefficient (Wildman–Crippen LogP) is 2.22. The zero-order chi connectivity index (χ0) is 18.4. The van der Waals surface area contributed by atoms with Gasteiger partial charge in [0.05, 0.1) is 20.3 Å². The predicted molar refractivity (Wildman–Crippen MR) is 93.7 cm³/mol. The van der Waals surface area contributed by atoms with Crippen LogP contribution in [0, 0.1) is 6.92 Å². The highest BCUT2D eigenvalue weighted by molar-refractivity contribution is 6.39. The standard InChI is InChI=1S/C18H21N3O4/c1-11-5-8-16(19-10-11)21-18(23)17(22)20-12(2)13-6-7-14(24-3)15(9-13)25-4/h5-10,12H,1-4H3,(H,20,22)(H,19,21,23). The molecule has 2 N–H and O–H groups in total. The van der Waals surface area contributed by atoms with Crippen LogP contribution >= 0.6 is 0 Å². The molecule has 1 unspecified atom stereocenters. The molecule has 25 heavy (non-hydrogen) atoms. The fourth-order valence-corrected chi connectivity index (χ4v) is 2.18. The molecule has 1 aromatic carbocycles. The fraction of sp³-hybridized carbons (Fsp3) is 0.278. The van der Waals surface area contributed by atoms with Crippen LogP contribution in [-0.4, -0.2) is 31.0 Å². The van der Waals surface area contributed by atoms with Gasteiger partial charge in [-0.1, -0.05) is 12.1 Å². The summed E-state index contributed by atoms with van der Waals surface area (Å²) in [7, 11) is 3.08. The number of carbonyl (C=O) groups excluding carboxylic acids is 2. The zero-order valence-corrected chi connectivity index (χ0v) is 14.6. The number of hydrogen-bond donors (Lipinski definition) is 2. The number of ether oxygens (including phenoxy) is 2. The molecule has 2 amide bonds. The van der Waals surface area contributed by atoms with Crippen molar-refractivity contribution in [3.8, 4) is 11.5 Å². The molecule has 2 rings (SSSR count). The number of pyridine rings is 1. The summed E-state index contributed by atoms with van der Waals surface area (Å²) < 4.78 is 10.4. The first-order valence-corrected chi connectivity index (χ1v) is 7.71. The van der Waals surface area contributed by atoms with Gasteiger partial charge in [0.2, 0.25) is 0 Å². The van der Waals surface area contributed by atoms with Crippen LogP contribution in [0.4, 0.5) is 5.82 Å². The summed E-state index contributed by atoms with van der Waals surface area (Å²) in [5.41, 5.74) is 1.75. The third kappa shape index (κ3) is 4.69. The minimum atomic E-state index is -0.774. The molecule has 0 aliphatic carbocycles. The minimum Gasteiger partial charge on any atom is -0.493 e. The van der Waals surface area contributed by atoms with Crippen LogP contribution < -0.4 is 20.1 Å². The molecule has 0 radical (unpaired) electrons. The summed E-state index contributed by atoms with van der Waals surface area (Å²) in [4.78, 5) is 28.1. The topological polar surface area (TPSA) is 89.5 Å². The zero-order valence-electron chi connectivity index (χ0n) is 14.6. The van der Waals surface area contributed by atoms with E-state index in [2.05, 4.69) is 15.6 Å². The van der Waals surface area contributed by atoms with Gasteiger partial charge >= 0.3 is 11.8 Å². The average molecular weight is 343 g/mol. The van der Waals surface area contributed by atoms with E-state index in [0.717, 1.165) is 11.1 Å². The number of carbonyl (C=O) groups is 2. The van der Waals surface area contributed by atoms with Gasteiger partial charge in [-0.25, -0.2) is 4.98 Å². The lowest BCUT2D eigenvalue weighted by atomic mass is 10.1. The highest BCUT2D eigenvalue weighted by Gasteiger charge is 2.18. The van der Waals surface area contributed by atoms with Gasteiger partial charge in [-0.3, -0.25) is 9.59 Å². The second-order valence-corrected chi connectivity index (χ2v) is 5.48. The average Bonchev–Trinajstić information content (AvgIpc) is 2.62. The van der Waals surface area contributed by atoms with Crippen LogP contribution in [0.3, 0.4) is 0 Å². The van der Waals surface area contributed by atoms with Gasteiger partial charge in [0, 0.05) is 6.20 Å². The molecule has 0 saturated carbocycles. The summed E-state index contributed by atoms with van der Waals surface area (Å²) in [6, 6.07) is 8.34. The highest BCUT2D eigenvalue weighted by atomic mass is 16.5. The van der Waals surface area contributed by atoms with E-state index in [1.54, 1.807) is 50.6 Å². The van der Waals surface area contributed by atoms with Crippen LogP contribution in [0.1, 0.15) is 24.1 Å². The van der Waals surface area contributed by atoms with Gasteiger partial charge in [0.25, 0.3) is 0 Å². The van der Waals surface area contributed by atoms with Crippen LogP contribution in [0.5, 0.6) is 11.5 Å². The molecule has 2 aromatic rings.